The standard InChI is InChI=1S/C23H25ClN4O3S/c1-4-28-22(26-27-23(28)32-14-16-7-5-6-8-18(16)24)25-21(30)12-10-19(29)17-13-15(2)9-11-20(17)31-3/h5-9,11,13H,4,10,12,14H2,1-3H3,(H,25,26,30). The van der Waals surface area contributed by atoms with E-state index in [1.807, 2.05) is 48.7 Å². The Bertz CT molecular complexity index is 1120. The summed E-state index contributed by atoms with van der Waals surface area (Å²) >= 11 is 7.72. The van der Waals surface area contributed by atoms with Gasteiger partial charge in [-0.1, -0.05) is 53.2 Å². The van der Waals surface area contributed by atoms with Gasteiger partial charge in [-0.25, -0.2) is 0 Å². The number of hydrogen-bond donors (Lipinski definition) is 1. The molecule has 0 saturated heterocycles. The van der Waals surface area contributed by atoms with E-state index in [4.69, 9.17) is 16.3 Å². The van der Waals surface area contributed by atoms with E-state index in [-0.39, 0.29) is 24.5 Å². The zero-order valence-corrected chi connectivity index (χ0v) is 19.8. The van der Waals surface area contributed by atoms with Gasteiger partial charge in [-0.15, -0.1) is 10.2 Å². The molecule has 0 spiro atoms. The first-order chi connectivity index (χ1) is 15.4. The molecule has 0 saturated carbocycles. The van der Waals surface area contributed by atoms with Crippen molar-refractivity contribution in [2.45, 2.75) is 44.1 Å². The fraction of sp³-hybridized carbons (Fsp3) is 0.304. The number of rotatable bonds is 10. The van der Waals surface area contributed by atoms with E-state index in [1.165, 1.54) is 18.9 Å². The maximum atomic E-state index is 12.6. The molecule has 1 N–H and O–H groups in total. The molecule has 0 aliphatic heterocycles. The minimum atomic E-state index is -0.297. The summed E-state index contributed by atoms with van der Waals surface area (Å²) in [4.78, 5) is 25.1. The number of nitrogens with one attached hydrogen (secondary N) is 1. The number of Topliss-reactive ketones (excluding diaryl/α,β-unsaturated/α-hetero) is 1. The number of hydrogen-bond acceptors (Lipinski definition) is 6. The van der Waals surface area contributed by atoms with Crippen LogP contribution in [0.25, 0.3) is 0 Å². The van der Waals surface area contributed by atoms with Crippen molar-refractivity contribution in [3.8, 4) is 5.75 Å². The van der Waals surface area contributed by atoms with Crippen LogP contribution in [0.5, 0.6) is 5.75 Å². The van der Waals surface area contributed by atoms with Gasteiger partial charge in [0.2, 0.25) is 11.9 Å². The van der Waals surface area contributed by atoms with Crippen LogP contribution in [-0.4, -0.2) is 33.6 Å². The second kappa shape index (κ2) is 11.2. The van der Waals surface area contributed by atoms with E-state index in [1.54, 1.807) is 12.1 Å². The van der Waals surface area contributed by atoms with Crippen LogP contribution >= 0.6 is 23.4 Å². The number of halogens is 1. The van der Waals surface area contributed by atoms with Gasteiger partial charge in [0.05, 0.1) is 12.7 Å². The topological polar surface area (TPSA) is 86.1 Å². The highest BCUT2D eigenvalue weighted by Gasteiger charge is 2.17. The third kappa shape index (κ3) is 5.89. The van der Waals surface area contributed by atoms with Gasteiger partial charge in [0.1, 0.15) is 5.75 Å². The Labute approximate surface area is 196 Å². The molecule has 0 unspecified atom stereocenters. The normalized spacial score (nSPS) is 10.8. The molecule has 32 heavy (non-hydrogen) atoms. The number of ether oxygens (including phenoxy) is 1. The van der Waals surface area contributed by atoms with E-state index in [9.17, 15) is 9.59 Å². The highest BCUT2D eigenvalue weighted by atomic mass is 35.5. The summed E-state index contributed by atoms with van der Waals surface area (Å²) in [5.74, 6) is 1.06. The van der Waals surface area contributed by atoms with Gasteiger partial charge in [-0.2, -0.15) is 0 Å². The molecule has 168 valence electrons. The van der Waals surface area contributed by atoms with E-state index in [2.05, 4.69) is 15.5 Å². The molecule has 1 aromatic heterocycles. The van der Waals surface area contributed by atoms with Gasteiger partial charge >= 0.3 is 0 Å². The smallest absolute Gasteiger partial charge is 0.231 e. The van der Waals surface area contributed by atoms with E-state index < -0.39 is 0 Å². The van der Waals surface area contributed by atoms with Crippen LogP contribution in [0.2, 0.25) is 5.02 Å². The average molecular weight is 473 g/mol. The lowest BCUT2D eigenvalue weighted by atomic mass is 10.0. The molecule has 1 heterocycles. The number of amides is 1. The number of anilines is 1. The number of benzene rings is 2. The van der Waals surface area contributed by atoms with Gasteiger partial charge in [0, 0.05) is 30.2 Å². The number of carbonyl (C=O) groups is 2. The average Bonchev–Trinajstić information content (AvgIpc) is 3.18. The summed E-state index contributed by atoms with van der Waals surface area (Å²) in [6.45, 7) is 4.45. The molecule has 2 aromatic carbocycles. The van der Waals surface area contributed by atoms with E-state index in [0.29, 0.717) is 39.7 Å². The van der Waals surface area contributed by atoms with Crippen LogP contribution in [0.4, 0.5) is 5.95 Å². The summed E-state index contributed by atoms with van der Waals surface area (Å²) < 4.78 is 7.09. The molecule has 0 aliphatic carbocycles. The molecule has 3 aromatic rings. The van der Waals surface area contributed by atoms with E-state index in [0.717, 1.165) is 11.1 Å². The van der Waals surface area contributed by atoms with Crippen molar-refractivity contribution in [2.75, 3.05) is 12.4 Å². The molecule has 3 rings (SSSR count). The first-order valence-electron chi connectivity index (χ1n) is 10.2. The molecule has 0 radical (unpaired) electrons. The zero-order chi connectivity index (χ0) is 23.1. The molecule has 1 amide bonds. The third-order valence-corrected chi connectivity index (χ3v) is 6.22. The van der Waals surface area contributed by atoms with Gasteiger partial charge in [-0.3, -0.25) is 19.5 Å². The number of thioether (sulfide) groups is 1. The summed E-state index contributed by atoms with van der Waals surface area (Å²) in [7, 11) is 1.52. The van der Waals surface area contributed by atoms with Crippen molar-refractivity contribution < 1.29 is 14.3 Å². The fourth-order valence-corrected chi connectivity index (χ4v) is 4.41. The minimum absolute atomic E-state index is 0.0363. The molecule has 0 fully saturated rings. The molecular weight excluding hydrogens is 448 g/mol. The van der Waals surface area contributed by atoms with Crippen molar-refractivity contribution in [3.05, 3.63) is 64.2 Å². The molecule has 9 heteroatoms. The predicted molar refractivity (Wildman–Crippen MR) is 127 cm³/mol. The molecule has 0 aliphatic rings. The van der Waals surface area contributed by atoms with Gasteiger partial charge < -0.3 is 4.74 Å². The predicted octanol–water partition coefficient (Wildman–Crippen LogP) is 5.16. The van der Waals surface area contributed by atoms with Crippen molar-refractivity contribution in [1.82, 2.24) is 14.8 Å². The van der Waals surface area contributed by atoms with Crippen molar-refractivity contribution in [1.29, 1.82) is 0 Å². The van der Waals surface area contributed by atoms with Crippen LogP contribution in [-0.2, 0) is 17.1 Å². The lowest BCUT2D eigenvalue weighted by Crippen LogP contribution is -2.17. The molecular formula is C23H25ClN4O3S. The molecule has 7 nitrogen and oxygen atoms in total. The number of nitrogens with zero attached hydrogens (tertiary/aromatic N) is 3. The lowest BCUT2D eigenvalue weighted by Gasteiger charge is -2.10. The van der Waals surface area contributed by atoms with Crippen LogP contribution in [0.3, 0.4) is 0 Å². The van der Waals surface area contributed by atoms with Crippen LogP contribution in [0.15, 0.2) is 47.6 Å². The Balaban J connectivity index is 1.60. The monoisotopic (exact) mass is 472 g/mol. The first-order valence-corrected chi connectivity index (χ1v) is 11.6. The second-order valence-electron chi connectivity index (χ2n) is 7.11. The number of carbonyl (C=O) groups excluding carboxylic acids is 2. The highest BCUT2D eigenvalue weighted by Crippen LogP contribution is 2.27. The maximum Gasteiger partial charge on any atom is 0.231 e. The second-order valence-corrected chi connectivity index (χ2v) is 8.46. The van der Waals surface area contributed by atoms with Crippen molar-refractivity contribution in [2.24, 2.45) is 0 Å². The maximum absolute atomic E-state index is 12.6. The zero-order valence-electron chi connectivity index (χ0n) is 18.2. The Morgan fingerprint density at radius 2 is 1.94 bits per heavy atom. The number of methoxy groups -OCH3 is 1. The number of aryl methyl sites for hydroxylation is 1. The largest absolute Gasteiger partial charge is 0.496 e. The quantitative estimate of drug-likeness (QED) is 0.324. The molecule has 0 bridgehead atoms. The number of aromatic nitrogens is 3. The Morgan fingerprint density at radius 3 is 2.66 bits per heavy atom. The Morgan fingerprint density at radius 1 is 1.16 bits per heavy atom. The Kier molecular flexibility index (Phi) is 8.30. The fourth-order valence-electron chi connectivity index (χ4n) is 3.12. The summed E-state index contributed by atoms with van der Waals surface area (Å²) in [6, 6.07) is 13.0. The Hall–Kier alpha value is -2.84. The summed E-state index contributed by atoms with van der Waals surface area (Å²) in [5, 5.41) is 12.5. The summed E-state index contributed by atoms with van der Waals surface area (Å²) in [5.41, 5.74) is 2.44. The van der Waals surface area contributed by atoms with Crippen LogP contribution < -0.4 is 10.1 Å². The van der Waals surface area contributed by atoms with Crippen molar-refractivity contribution in [3.63, 3.8) is 0 Å². The SMILES string of the molecule is CCn1c(NC(=O)CCC(=O)c2cc(C)ccc2OC)nnc1SCc1ccccc1Cl. The first kappa shape index (κ1) is 23.8. The van der Waals surface area contributed by atoms with Gasteiger partial charge in [-0.05, 0) is 37.6 Å². The van der Waals surface area contributed by atoms with Crippen LogP contribution in [0, 0.1) is 6.92 Å². The summed E-state index contributed by atoms with van der Waals surface area (Å²) in [6.07, 6.45) is 0.106. The van der Waals surface area contributed by atoms with Gasteiger partial charge in [0.25, 0.3) is 0 Å². The lowest BCUT2D eigenvalue weighted by molar-refractivity contribution is -0.116. The highest BCUT2D eigenvalue weighted by molar-refractivity contribution is 7.98. The van der Waals surface area contributed by atoms with Crippen molar-refractivity contribution >= 4 is 41.0 Å². The van der Waals surface area contributed by atoms with E-state index >= 15 is 0 Å². The molecule has 0 atom stereocenters. The minimum Gasteiger partial charge on any atom is -0.496 e. The third-order valence-electron chi connectivity index (χ3n) is 4.83. The number of ketones is 1. The van der Waals surface area contributed by atoms with Gasteiger partial charge in [0.15, 0.2) is 10.9 Å². The van der Waals surface area contributed by atoms with Crippen LogP contribution in [0.1, 0.15) is 41.3 Å².